The lowest BCUT2D eigenvalue weighted by Gasteiger charge is -2.12. The molecule has 3 rings (SSSR count). The first-order valence-corrected chi connectivity index (χ1v) is 9.44. The third kappa shape index (κ3) is 5.84. The second kappa shape index (κ2) is 12.1. The number of benzene rings is 2. The number of hydrogen-bond donors (Lipinski definition) is 1. The molecule has 0 saturated heterocycles. The van der Waals surface area contributed by atoms with Crippen molar-refractivity contribution in [3.8, 4) is 11.1 Å². The van der Waals surface area contributed by atoms with Gasteiger partial charge in [-0.2, -0.15) is 0 Å². The number of rotatable bonds is 4. The number of nitrogens with one attached hydrogen (secondary N) is 1. The van der Waals surface area contributed by atoms with Crippen LogP contribution in [0.25, 0.3) is 11.1 Å². The van der Waals surface area contributed by atoms with Gasteiger partial charge in [-0.15, -0.1) is 10.2 Å². The predicted octanol–water partition coefficient (Wildman–Crippen LogP) is 5.82. The molecule has 0 unspecified atom stereocenters. The van der Waals surface area contributed by atoms with Crippen molar-refractivity contribution in [1.29, 1.82) is 0 Å². The molecule has 1 amide bonds. The standard InChI is InChI=1S/C19H15N3O2.2C2H6.H2/c1-13-16(14-6-3-2-4-7-14)8-5-9-17(13)20-19(24)18-11-10-15(12-23)21-22-18;2*1-2;/h2-12H,1H3,(H,20,24);2*1-2H3;1H. The van der Waals surface area contributed by atoms with E-state index in [-0.39, 0.29) is 18.7 Å². The second-order valence-electron chi connectivity index (χ2n) is 5.26. The molecule has 5 heteroatoms. The number of anilines is 1. The minimum absolute atomic E-state index is 0. The number of aromatic nitrogens is 2. The predicted molar refractivity (Wildman–Crippen MR) is 117 cm³/mol. The van der Waals surface area contributed by atoms with Gasteiger partial charge in [0.05, 0.1) is 0 Å². The Kier molecular flexibility index (Phi) is 9.83. The van der Waals surface area contributed by atoms with Crippen molar-refractivity contribution >= 4 is 17.9 Å². The van der Waals surface area contributed by atoms with Gasteiger partial charge in [0, 0.05) is 7.11 Å². The molecule has 0 spiro atoms. The van der Waals surface area contributed by atoms with Crippen LogP contribution in [-0.2, 0) is 0 Å². The summed E-state index contributed by atoms with van der Waals surface area (Å²) >= 11 is 0. The molecular weight excluding hydrogens is 350 g/mol. The number of carbonyl (C=O) groups excluding carboxylic acids is 2. The van der Waals surface area contributed by atoms with Gasteiger partial charge in [-0.25, -0.2) is 0 Å². The second-order valence-corrected chi connectivity index (χ2v) is 5.26. The zero-order valence-corrected chi connectivity index (χ0v) is 17.1. The van der Waals surface area contributed by atoms with Crippen LogP contribution in [0.15, 0.2) is 60.7 Å². The maximum absolute atomic E-state index is 12.3. The van der Waals surface area contributed by atoms with Gasteiger partial charge in [0.2, 0.25) is 0 Å². The fraction of sp³-hybridized carbons (Fsp3) is 0.217. The normalized spacial score (nSPS) is 9.18. The fourth-order valence-corrected chi connectivity index (χ4v) is 2.41. The number of amides is 1. The van der Waals surface area contributed by atoms with Crippen molar-refractivity contribution < 1.29 is 11.0 Å². The molecule has 28 heavy (non-hydrogen) atoms. The number of aldehydes is 1. The van der Waals surface area contributed by atoms with E-state index in [9.17, 15) is 9.59 Å². The largest absolute Gasteiger partial charge is 0.320 e. The summed E-state index contributed by atoms with van der Waals surface area (Å²) < 4.78 is 0. The van der Waals surface area contributed by atoms with Crippen molar-refractivity contribution in [3.63, 3.8) is 0 Å². The Bertz CT molecular complexity index is 882. The van der Waals surface area contributed by atoms with Crippen LogP contribution < -0.4 is 5.32 Å². The van der Waals surface area contributed by atoms with E-state index in [4.69, 9.17) is 0 Å². The first-order chi connectivity index (χ1) is 13.7. The summed E-state index contributed by atoms with van der Waals surface area (Å²) in [6.07, 6.45) is 0.585. The molecule has 0 atom stereocenters. The summed E-state index contributed by atoms with van der Waals surface area (Å²) in [6.45, 7) is 9.96. The van der Waals surface area contributed by atoms with Crippen molar-refractivity contribution in [3.05, 3.63) is 77.6 Å². The van der Waals surface area contributed by atoms with Crippen molar-refractivity contribution in [2.45, 2.75) is 34.6 Å². The van der Waals surface area contributed by atoms with Gasteiger partial charge in [-0.3, -0.25) is 9.59 Å². The van der Waals surface area contributed by atoms with Crippen LogP contribution in [-0.4, -0.2) is 22.4 Å². The molecule has 5 nitrogen and oxygen atoms in total. The minimum atomic E-state index is -0.367. The van der Waals surface area contributed by atoms with Gasteiger partial charge in [-0.05, 0) is 41.8 Å². The SMILES string of the molecule is CC.CC.Cc1c(NC(=O)c2ccc(C=O)nn2)cccc1-c1ccccc1.[HH]. The molecule has 0 saturated carbocycles. The molecule has 0 aliphatic rings. The molecular formula is C23H29N3O2. The van der Waals surface area contributed by atoms with E-state index in [2.05, 4.69) is 15.5 Å². The molecule has 0 bridgehead atoms. The number of carbonyl (C=O) groups is 2. The quantitative estimate of drug-likeness (QED) is 0.580. The lowest BCUT2D eigenvalue weighted by atomic mass is 9.99. The van der Waals surface area contributed by atoms with Gasteiger partial charge in [0.15, 0.2) is 12.0 Å². The highest BCUT2D eigenvalue weighted by molar-refractivity contribution is 6.03. The highest BCUT2D eigenvalue weighted by Gasteiger charge is 2.12. The van der Waals surface area contributed by atoms with E-state index in [0.29, 0.717) is 12.0 Å². The molecule has 0 aliphatic heterocycles. The van der Waals surface area contributed by atoms with E-state index in [1.807, 2.05) is 83.1 Å². The van der Waals surface area contributed by atoms with Crippen molar-refractivity contribution in [1.82, 2.24) is 10.2 Å². The van der Waals surface area contributed by atoms with Gasteiger partial charge in [0.1, 0.15) is 5.69 Å². The van der Waals surface area contributed by atoms with E-state index in [0.717, 1.165) is 16.7 Å². The number of hydrogen-bond acceptors (Lipinski definition) is 4. The van der Waals surface area contributed by atoms with E-state index < -0.39 is 0 Å². The maximum Gasteiger partial charge on any atom is 0.276 e. The molecule has 1 aromatic heterocycles. The maximum atomic E-state index is 12.3. The Morgan fingerprint density at radius 3 is 2.14 bits per heavy atom. The van der Waals surface area contributed by atoms with Crippen molar-refractivity contribution in [2.75, 3.05) is 5.32 Å². The first-order valence-electron chi connectivity index (χ1n) is 9.44. The average Bonchev–Trinajstić information content (AvgIpc) is 2.78. The van der Waals surface area contributed by atoms with E-state index in [1.54, 1.807) is 0 Å². The van der Waals surface area contributed by atoms with Crippen LogP contribution in [0.3, 0.4) is 0 Å². The molecule has 148 valence electrons. The lowest BCUT2D eigenvalue weighted by Crippen LogP contribution is -2.15. The summed E-state index contributed by atoms with van der Waals surface area (Å²) in [4.78, 5) is 22.9. The first kappa shape index (κ1) is 22.7. The van der Waals surface area contributed by atoms with Gasteiger partial charge >= 0.3 is 0 Å². The Balaban J connectivity index is 0.00000148. The molecule has 0 aliphatic carbocycles. The smallest absolute Gasteiger partial charge is 0.276 e. The molecule has 2 aromatic carbocycles. The molecule has 3 aromatic rings. The Hall–Kier alpha value is -3.34. The zero-order chi connectivity index (χ0) is 20.9. The average molecular weight is 380 g/mol. The van der Waals surface area contributed by atoms with E-state index in [1.165, 1.54) is 12.1 Å². The van der Waals surface area contributed by atoms with Gasteiger partial charge in [-0.1, -0.05) is 70.2 Å². The van der Waals surface area contributed by atoms with E-state index >= 15 is 0 Å². The molecule has 1 heterocycles. The topological polar surface area (TPSA) is 72.0 Å². The highest BCUT2D eigenvalue weighted by atomic mass is 16.2. The fourth-order valence-electron chi connectivity index (χ4n) is 2.41. The van der Waals surface area contributed by atoms with Crippen LogP contribution >= 0.6 is 0 Å². The minimum Gasteiger partial charge on any atom is -0.320 e. The molecule has 0 fully saturated rings. The molecule has 1 N–H and O–H groups in total. The summed E-state index contributed by atoms with van der Waals surface area (Å²) in [6, 6.07) is 18.7. The van der Waals surface area contributed by atoms with Crippen LogP contribution in [0, 0.1) is 6.92 Å². The monoisotopic (exact) mass is 379 g/mol. The Morgan fingerprint density at radius 2 is 1.57 bits per heavy atom. The third-order valence-corrected chi connectivity index (χ3v) is 3.71. The molecule has 0 radical (unpaired) electrons. The van der Waals surface area contributed by atoms with Gasteiger partial charge in [0.25, 0.3) is 5.91 Å². The van der Waals surface area contributed by atoms with Crippen molar-refractivity contribution in [2.24, 2.45) is 0 Å². The summed E-state index contributed by atoms with van der Waals surface area (Å²) in [5.41, 5.74) is 4.16. The summed E-state index contributed by atoms with van der Waals surface area (Å²) in [5.74, 6) is -0.367. The summed E-state index contributed by atoms with van der Waals surface area (Å²) in [7, 11) is 0. The van der Waals surface area contributed by atoms with Crippen LogP contribution in [0.4, 0.5) is 5.69 Å². The third-order valence-electron chi connectivity index (χ3n) is 3.71. The highest BCUT2D eigenvalue weighted by Crippen LogP contribution is 2.28. The van der Waals surface area contributed by atoms with Crippen LogP contribution in [0.2, 0.25) is 0 Å². The Labute approximate surface area is 168 Å². The van der Waals surface area contributed by atoms with Gasteiger partial charge < -0.3 is 5.32 Å². The van der Waals surface area contributed by atoms with Crippen LogP contribution in [0.5, 0.6) is 0 Å². The lowest BCUT2D eigenvalue weighted by molar-refractivity contribution is 0.101. The number of nitrogens with zero attached hydrogens (tertiary/aromatic N) is 2. The Morgan fingerprint density at radius 1 is 0.893 bits per heavy atom. The van der Waals surface area contributed by atoms with Crippen LogP contribution in [0.1, 0.15) is 55.7 Å². The zero-order valence-electron chi connectivity index (χ0n) is 17.1. The summed E-state index contributed by atoms with van der Waals surface area (Å²) in [5, 5.41) is 10.3.